The fourth-order valence-corrected chi connectivity index (χ4v) is 2.35. The Bertz CT molecular complexity index is 622. The molecule has 0 bridgehead atoms. The largest absolute Gasteiger partial charge is 0.481 e. The van der Waals surface area contributed by atoms with Crippen LogP contribution in [-0.2, 0) is 11.2 Å². The van der Waals surface area contributed by atoms with Crippen molar-refractivity contribution < 1.29 is 9.90 Å². The summed E-state index contributed by atoms with van der Waals surface area (Å²) in [5.41, 5.74) is 2.32. The number of hydrogen-bond acceptors (Lipinski definition) is 4. The molecule has 21 heavy (non-hydrogen) atoms. The summed E-state index contributed by atoms with van der Waals surface area (Å²) >= 11 is 0. The lowest BCUT2D eigenvalue weighted by molar-refractivity contribution is -0.138. The standard InChI is InChI=1S/C15H20N4O2/c1-10(2)13(9-15(20)21)19-14(16-17-18-19)8-12-7-5-4-6-11(12)3/h4-7,10,13H,8-9H2,1-3H3,(H,20,21). The van der Waals surface area contributed by atoms with Crippen LogP contribution < -0.4 is 0 Å². The molecular formula is C15H20N4O2. The van der Waals surface area contributed by atoms with E-state index in [1.807, 2.05) is 45.0 Å². The SMILES string of the molecule is Cc1ccccc1Cc1nnnn1C(CC(=O)O)C(C)C. The van der Waals surface area contributed by atoms with Crippen molar-refractivity contribution in [3.05, 3.63) is 41.2 Å². The highest BCUT2D eigenvalue weighted by atomic mass is 16.4. The van der Waals surface area contributed by atoms with Crippen molar-refractivity contribution in [3.8, 4) is 0 Å². The molecule has 6 nitrogen and oxygen atoms in total. The van der Waals surface area contributed by atoms with Crippen molar-refractivity contribution in [1.29, 1.82) is 0 Å². The molecule has 0 aliphatic heterocycles. The third-order valence-electron chi connectivity index (χ3n) is 3.64. The molecular weight excluding hydrogens is 268 g/mol. The third kappa shape index (κ3) is 3.65. The van der Waals surface area contributed by atoms with Gasteiger partial charge in [0.15, 0.2) is 5.82 Å². The average molecular weight is 288 g/mol. The summed E-state index contributed by atoms with van der Waals surface area (Å²) in [6.07, 6.45) is 0.617. The van der Waals surface area contributed by atoms with E-state index in [9.17, 15) is 4.79 Å². The van der Waals surface area contributed by atoms with E-state index in [1.165, 1.54) is 5.56 Å². The number of aromatic nitrogens is 4. The van der Waals surface area contributed by atoms with Crippen LogP contribution in [0.15, 0.2) is 24.3 Å². The van der Waals surface area contributed by atoms with Gasteiger partial charge in [0.1, 0.15) is 0 Å². The second-order valence-electron chi connectivity index (χ2n) is 5.55. The second-order valence-corrected chi connectivity index (χ2v) is 5.55. The van der Waals surface area contributed by atoms with Crippen molar-refractivity contribution in [2.75, 3.05) is 0 Å². The molecule has 0 saturated carbocycles. The molecule has 112 valence electrons. The van der Waals surface area contributed by atoms with Crippen LogP contribution in [0.1, 0.15) is 43.3 Å². The van der Waals surface area contributed by atoms with E-state index in [1.54, 1.807) is 4.68 Å². The molecule has 0 radical (unpaired) electrons. The molecule has 2 rings (SSSR count). The van der Waals surface area contributed by atoms with Gasteiger partial charge in [-0.3, -0.25) is 4.79 Å². The summed E-state index contributed by atoms with van der Waals surface area (Å²) in [6.45, 7) is 6.00. The van der Waals surface area contributed by atoms with Crippen molar-refractivity contribution in [3.63, 3.8) is 0 Å². The van der Waals surface area contributed by atoms with Gasteiger partial charge in [0, 0.05) is 6.42 Å². The summed E-state index contributed by atoms with van der Waals surface area (Å²) in [5, 5.41) is 20.9. The highest BCUT2D eigenvalue weighted by molar-refractivity contribution is 5.67. The number of aliphatic carboxylic acids is 1. The predicted octanol–water partition coefficient (Wildman–Crippen LogP) is 2.24. The molecule has 2 aromatic rings. The topological polar surface area (TPSA) is 80.9 Å². The van der Waals surface area contributed by atoms with Gasteiger partial charge in [0.2, 0.25) is 0 Å². The molecule has 0 saturated heterocycles. The summed E-state index contributed by atoms with van der Waals surface area (Å²) < 4.78 is 1.66. The fourth-order valence-electron chi connectivity index (χ4n) is 2.35. The maximum Gasteiger partial charge on any atom is 0.305 e. The van der Waals surface area contributed by atoms with Crippen molar-refractivity contribution in [1.82, 2.24) is 20.2 Å². The van der Waals surface area contributed by atoms with Crippen LogP contribution in [0.3, 0.4) is 0 Å². The molecule has 1 heterocycles. The maximum atomic E-state index is 11.1. The number of tetrazole rings is 1. The molecule has 1 unspecified atom stereocenters. The van der Waals surface area contributed by atoms with Gasteiger partial charge in [0.25, 0.3) is 0 Å². The minimum Gasteiger partial charge on any atom is -0.481 e. The quantitative estimate of drug-likeness (QED) is 0.881. The number of hydrogen-bond donors (Lipinski definition) is 1. The number of carbonyl (C=O) groups is 1. The van der Waals surface area contributed by atoms with E-state index in [0.717, 1.165) is 5.56 Å². The number of carboxylic acids is 1. The van der Waals surface area contributed by atoms with Crippen LogP contribution in [-0.4, -0.2) is 31.3 Å². The number of carboxylic acid groups (broad SMARTS) is 1. The van der Waals surface area contributed by atoms with Gasteiger partial charge in [-0.25, -0.2) is 4.68 Å². The van der Waals surface area contributed by atoms with Crippen LogP contribution >= 0.6 is 0 Å². The predicted molar refractivity (Wildman–Crippen MR) is 77.9 cm³/mol. The minimum atomic E-state index is -0.842. The molecule has 1 aromatic carbocycles. The molecule has 0 amide bonds. The molecule has 0 aliphatic rings. The smallest absolute Gasteiger partial charge is 0.305 e. The lowest BCUT2D eigenvalue weighted by Gasteiger charge is -2.20. The zero-order valence-corrected chi connectivity index (χ0v) is 12.5. The second kappa shape index (κ2) is 6.47. The van der Waals surface area contributed by atoms with E-state index < -0.39 is 5.97 Å². The summed E-state index contributed by atoms with van der Waals surface area (Å²) in [4.78, 5) is 11.1. The van der Waals surface area contributed by atoms with E-state index in [2.05, 4.69) is 15.5 Å². The Hall–Kier alpha value is -2.24. The minimum absolute atomic E-state index is 0.0173. The zero-order valence-electron chi connectivity index (χ0n) is 12.5. The van der Waals surface area contributed by atoms with Gasteiger partial charge in [-0.1, -0.05) is 38.1 Å². The Kier molecular flexibility index (Phi) is 4.67. The first kappa shape index (κ1) is 15.2. The first-order valence-electron chi connectivity index (χ1n) is 7.02. The van der Waals surface area contributed by atoms with E-state index >= 15 is 0 Å². The van der Waals surface area contributed by atoms with Crippen molar-refractivity contribution >= 4 is 5.97 Å². The van der Waals surface area contributed by atoms with Gasteiger partial charge in [0.05, 0.1) is 12.5 Å². The summed E-state index contributed by atoms with van der Waals surface area (Å²) in [5.74, 6) is -0.00416. The molecule has 6 heteroatoms. The van der Waals surface area contributed by atoms with E-state index in [0.29, 0.717) is 12.2 Å². The Morgan fingerprint density at radius 3 is 2.67 bits per heavy atom. The molecule has 1 aromatic heterocycles. The van der Waals surface area contributed by atoms with Gasteiger partial charge in [-0.05, 0) is 34.4 Å². The number of aryl methyl sites for hydroxylation is 1. The van der Waals surface area contributed by atoms with Gasteiger partial charge >= 0.3 is 5.97 Å². The first-order chi connectivity index (χ1) is 9.99. The monoisotopic (exact) mass is 288 g/mol. The molecule has 0 fully saturated rings. The molecule has 1 atom stereocenters. The zero-order chi connectivity index (χ0) is 15.4. The number of benzene rings is 1. The maximum absolute atomic E-state index is 11.1. The average Bonchev–Trinajstić information content (AvgIpc) is 2.86. The van der Waals surface area contributed by atoms with Crippen LogP contribution in [0.5, 0.6) is 0 Å². The van der Waals surface area contributed by atoms with Crippen LogP contribution in [0.25, 0.3) is 0 Å². The van der Waals surface area contributed by atoms with Crippen LogP contribution in [0, 0.1) is 12.8 Å². The summed E-state index contributed by atoms with van der Waals surface area (Å²) in [7, 11) is 0. The van der Waals surface area contributed by atoms with E-state index in [4.69, 9.17) is 5.11 Å². The van der Waals surface area contributed by atoms with Gasteiger partial charge in [-0.15, -0.1) is 5.10 Å². The lowest BCUT2D eigenvalue weighted by atomic mass is 10.0. The number of nitrogens with zero attached hydrogens (tertiary/aromatic N) is 4. The molecule has 1 N–H and O–H groups in total. The van der Waals surface area contributed by atoms with E-state index in [-0.39, 0.29) is 18.4 Å². The molecule has 0 aliphatic carbocycles. The first-order valence-corrected chi connectivity index (χ1v) is 7.02. The Balaban J connectivity index is 2.29. The fraction of sp³-hybridized carbons (Fsp3) is 0.467. The normalized spacial score (nSPS) is 12.6. The van der Waals surface area contributed by atoms with Gasteiger partial charge in [-0.2, -0.15) is 0 Å². The summed E-state index contributed by atoms with van der Waals surface area (Å²) in [6, 6.07) is 7.81. The molecule has 0 spiro atoms. The Morgan fingerprint density at radius 1 is 1.33 bits per heavy atom. The highest BCUT2D eigenvalue weighted by Crippen LogP contribution is 2.23. The van der Waals surface area contributed by atoms with Crippen molar-refractivity contribution in [2.24, 2.45) is 5.92 Å². The Labute approximate surface area is 123 Å². The number of rotatable bonds is 6. The third-order valence-corrected chi connectivity index (χ3v) is 3.64. The van der Waals surface area contributed by atoms with Gasteiger partial charge < -0.3 is 5.11 Å². The van der Waals surface area contributed by atoms with Crippen LogP contribution in [0.2, 0.25) is 0 Å². The van der Waals surface area contributed by atoms with Crippen molar-refractivity contribution in [2.45, 2.75) is 39.7 Å². The highest BCUT2D eigenvalue weighted by Gasteiger charge is 2.23. The lowest BCUT2D eigenvalue weighted by Crippen LogP contribution is -2.22. The Morgan fingerprint density at radius 2 is 2.05 bits per heavy atom. The van der Waals surface area contributed by atoms with Crippen LogP contribution in [0.4, 0.5) is 0 Å².